The number of likely N-dealkylation sites (N-methyl/N-ethyl adjacent to an activating group) is 1. The number of carbonyl (C=O) groups excluding carboxylic acids is 1. The summed E-state index contributed by atoms with van der Waals surface area (Å²) in [6, 6.07) is -0.111. The monoisotopic (exact) mass is 215 g/mol. The molecule has 1 unspecified atom stereocenters. The molecule has 10 heavy (non-hydrogen) atoms. The first-order valence-corrected chi connectivity index (χ1v) is 3.28. The Morgan fingerprint density at radius 2 is 1.70 bits per heavy atom. The van der Waals surface area contributed by atoms with Crippen LogP contribution in [-0.4, -0.2) is 18.9 Å². The summed E-state index contributed by atoms with van der Waals surface area (Å²) < 4.78 is 0. The summed E-state index contributed by atoms with van der Waals surface area (Å²) in [7, 11) is 1.64. The maximum absolute atomic E-state index is 10.3. The fourth-order valence-corrected chi connectivity index (χ4v) is 0.182. The molecule has 0 aromatic rings. The third kappa shape index (κ3) is 12.1. The average Bonchev–Trinajstić information content (AvgIpc) is 1.91. The van der Waals surface area contributed by atoms with E-state index in [0.717, 1.165) is 0 Å². The van der Waals surface area contributed by atoms with Crippen LogP contribution >= 0.6 is 0 Å². The quantitative estimate of drug-likeness (QED) is 0.581. The average molecular weight is 216 g/mol. The standard InChI is InChI=1S/C5H10NO.C2H6.Rb/c1-4(6-3)5(2)7;1-2;/h4H,1-3H3;1-2H3;/q-1;;+1. The van der Waals surface area contributed by atoms with E-state index in [2.05, 4.69) is 5.32 Å². The molecule has 0 aliphatic rings. The van der Waals surface area contributed by atoms with Gasteiger partial charge in [0.2, 0.25) is 0 Å². The molecule has 1 atom stereocenters. The summed E-state index contributed by atoms with van der Waals surface area (Å²) in [6.45, 7) is 7.32. The van der Waals surface area contributed by atoms with Crippen molar-refractivity contribution >= 4 is 5.78 Å². The zero-order valence-corrected chi connectivity index (χ0v) is 12.8. The summed E-state index contributed by atoms with van der Waals surface area (Å²) in [5.41, 5.74) is 0. The van der Waals surface area contributed by atoms with Crippen molar-refractivity contribution in [2.75, 3.05) is 7.05 Å². The van der Waals surface area contributed by atoms with Gasteiger partial charge in [-0.3, -0.25) is 0 Å². The van der Waals surface area contributed by atoms with Crippen LogP contribution in [0.15, 0.2) is 0 Å². The summed E-state index contributed by atoms with van der Waals surface area (Å²) in [6.07, 6.45) is 0. The molecule has 0 amide bonds. The Labute approximate surface area is 113 Å². The van der Waals surface area contributed by atoms with Crippen molar-refractivity contribution in [3.8, 4) is 0 Å². The van der Waals surface area contributed by atoms with Gasteiger partial charge in [-0.2, -0.15) is 7.05 Å². The van der Waals surface area contributed by atoms with Crippen molar-refractivity contribution in [2.45, 2.75) is 33.7 Å². The molecule has 0 radical (unpaired) electrons. The van der Waals surface area contributed by atoms with Gasteiger partial charge in [-0.25, -0.2) is 0 Å². The zero-order valence-electron chi connectivity index (χ0n) is 7.93. The minimum absolute atomic E-state index is 0. The molecule has 0 heterocycles. The molecule has 56 valence electrons. The number of hydrogen-bond donors (Lipinski definition) is 0. The van der Waals surface area contributed by atoms with Crippen LogP contribution in [0.2, 0.25) is 0 Å². The van der Waals surface area contributed by atoms with Crippen LogP contribution in [0.4, 0.5) is 0 Å². The van der Waals surface area contributed by atoms with Gasteiger partial charge >= 0.3 is 58.2 Å². The second kappa shape index (κ2) is 13.1. The molecule has 0 saturated heterocycles. The van der Waals surface area contributed by atoms with E-state index in [1.54, 1.807) is 14.0 Å². The molecule has 0 spiro atoms. The second-order valence-electron chi connectivity index (χ2n) is 1.54. The number of carbonyl (C=O) groups is 1. The first kappa shape index (κ1) is 17.5. The van der Waals surface area contributed by atoms with Crippen molar-refractivity contribution < 1.29 is 63.0 Å². The Kier molecular flexibility index (Phi) is 22.8. The van der Waals surface area contributed by atoms with Gasteiger partial charge < -0.3 is 10.1 Å². The van der Waals surface area contributed by atoms with Gasteiger partial charge in [0.15, 0.2) is 0 Å². The van der Waals surface area contributed by atoms with Gasteiger partial charge in [-0.1, -0.05) is 26.8 Å². The van der Waals surface area contributed by atoms with Crippen molar-refractivity contribution in [3.05, 3.63) is 5.32 Å². The molecular weight excluding hydrogens is 200 g/mol. The van der Waals surface area contributed by atoms with Crippen molar-refractivity contribution in [1.82, 2.24) is 0 Å². The Hall–Kier alpha value is 1.44. The van der Waals surface area contributed by atoms with Gasteiger partial charge in [0, 0.05) is 0 Å². The molecule has 0 aliphatic heterocycles. The molecule has 0 fully saturated rings. The maximum atomic E-state index is 10.3. The number of Topliss-reactive ketones (excluding diaryl/α,β-unsaturated/α-hetero) is 1. The molecule has 0 N–H and O–H groups in total. The Morgan fingerprint density at radius 3 is 1.70 bits per heavy atom. The zero-order chi connectivity index (χ0) is 7.86. The predicted molar refractivity (Wildman–Crippen MR) is 40.8 cm³/mol. The summed E-state index contributed by atoms with van der Waals surface area (Å²) in [5.74, 6) is 0.127. The molecule has 0 saturated carbocycles. The Morgan fingerprint density at radius 1 is 1.40 bits per heavy atom. The Bertz CT molecular complexity index is 76.0. The van der Waals surface area contributed by atoms with E-state index in [-0.39, 0.29) is 70.0 Å². The van der Waals surface area contributed by atoms with Gasteiger partial charge in [-0.15, -0.1) is 0 Å². The normalized spacial score (nSPS) is 10.1. The molecule has 0 aromatic carbocycles. The van der Waals surface area contributed by atoms with E-state index >= 15 is 0 Å². The molecule has 2 nitrogen and oxygen atoms in total. The Balaban J connectivity index is -0.000000149. The minimum Gasteiger partial charge on any atom is -0.656 e. The smallest absolute Gasteiger partial charge is 0.656 e. The van der Waals surface area contributed by atoms with Crippen molar-refractivity contribution in [1.29, 1.82) is 0 Å². The fourth-order valence-electron chi connectivity index (χ4n) is 0.182. The number of nitrogens with zero attached hydrogens (tertiary/aromatic N) is 1. The largest absolute Gasteiger partial charge is 1.00 e. The van der Waals surface area contributed by atoms with E-state index in [1.165, 1.54) is 6.92 Å². The molecule has 0 aromatic heterocycles. The van der Waals surface area contributed by atoms with Gasteiger partial charge in [-0.05, 0) is 6.92 Å². The molecule has 0 rings (SSSR count). The first-order valence-electron chi connectivity index (χ1n) is 3.28. The fraction of sp³-hybridized carbons (Fsp3) is 0.857. The maximum Gasteiger partial charge on any atom is 1.00 e. The van der Waals surface area contributed by atoms with E-state index < -0.39 is 0 Å². The van der Waals surface area contributed by atoms with Crippen molar-refractivity contribution in [2.24, 2.45) is 0 Å². The number of rotatable bonds is 2. The number of hydrogen-bond acceptors (Lipinski definition) is 1. The summed E-state index contributed by atoms with van der Waals surface area (Å²) in [4.78, 5) is 10.3. The number of ketones is 1. The van der Waals surface area contributed by atoms with Crippen LogP contribution in [0.25, 0.3) is 5.32 Å². The summed E-state index contributed by atoms with van der Waals surface area (Å²) >= 11 is 0. The van der Waals surface area contributed by atoms with Crippen LogP contribution in [0, 0.1) is 0 Å². The molecule has 3 heteroatoms. The third-order valence-electron chi connectivity index (χ3n) is 0.976. The van der Waals surface area contributed by atoms with Gasteiger partial charge in [0.25, 0.3) is 0 Å². The topological polar surface area (TPSA) is 31.2 Å². The second-order valence-corrected chi connectivity index (χ2v) is 1.54. The molecule has 0 bridgehead atoms. The molecular formula is C7H16NORb. The van der Waals surface area contributed by atoms with Crippen molar-refractivity contribution in [3.63, 3.8) is 0 Å². The van der Waals surface area contributed by atoms with E-state index in [0.29, 0.717) is 0 Å². The summed E-state index contributed by atoms with van der Waals surface area (Å²) in [5, 5.41) is 3.74. The predicted octanol–water partition coefficient (Wildman–Crippen LogP) is -1.00. The van der Waals surface area contributed by atoms with Gasteiger partial charge in [0.05, 0.1) is 0 Å². The first-order chi connectivity index (χ1) is 4.18. The van der Waals surface area contributed by atoms with Crippen LogP contribution in [0.5, 0.6) is 0 Å². The van der Waals surface area contributed by atoms with E-state index in [9.17, 15) is 4.79 Å². The SMILES string of the molecule is CC.C[N-]C(C)C(C)=O.[Rb+]. The minimum atomic E-state index is -0.111. The van der Waals surface area contributed by atoms with Crippen LogP contribution in [0.1, 0.15) is 27.7 Å². The van der Waals surface area contributed by atoms with Crippen LogP contribution in [0.3, 0.4) is 0 Å². The van der Waals surface area contributed by atoms with Crippen LogP contribution < -0.4 is 58.2 Å². The van der Waals surface area contributed by atoms with E-state index in [1.807, 2.05) is 13.8 Å². The van der Waals surface area contributed by atoms with Gasteiger partial charge in [0.1, 0.15) is 5.78 Å². The van der Waals surface area contributed by atoms with E-state index in [4.69, 9.17) is 0 Å². The third-order valence-corrected chi connectivity index (χ3v) is 0.976. The van der Waals surface area contributed by atoms with Crippen LogP contribution in [-0.2, 0) is 4.79 Å². The molecule has 0 aliphatic carbocycles.